The molecule has 0 saturated heterocycles. The summed E-state index contributed by atoms with van der Waals surface area (Å²) < 4.78 is 2.28. The second-order valence-electron chi connectivity index (χ2n) is 8.05. The number of benzene rings is 3. The Balaban J connectivity index is 1.82. The van der Waals surface area contributed by atoms with Crippen LogP contribution in [-0.2, 0) is 7.05 Å². The zero-order valence-electron chi connectivity index (χ0n) is 17.5. The van der Waals surface area contributed by atoms with Crippen molar-refractivity contribution in [3.05, 3.63) is 95.6 Å². The lowest BCUT2D eigenvalue weighted by Gasteiger charge is -2.27. The number of nitrogens with zero attached hydrogens (tertiary/aromatic N) is 2. The highest BCUT2D eigenvalue weighted by Crippen LogP contribution is 2.46. The number of para-hydroxylation sites is 1. The van der Waals surface area contributed by atoms with Crippen molar-refractivity contribution in [3.8, 4) is 11.3 Å². The van der Waals surface area contributed by atoms with E-state index in [1.54, 1.807) is 0 Å². The number of aromatic nitrogens is 1. The summed E-state index contributed by atoms with van der Waals surface area (Å²) in [7, 11) is 2.13. The van der Waals surface area contributed by atoms with Crippen LogP contribution in [-0.4, -0.2) is 21.9 Å². The minimum atomic E-state index is -0.0680. The predicted octanol–water partition coefficient (Wildman–Crippen LogP) is 6.19. The highest BCUT2D eigenvalue weighted by molar-refractivity contribution is 6.02. The number of fused-ring (bicyclic) bond motifs is 2. The number of amides is 1. The van der Waals surface area contributed by atoms with Gasteiger partial charge in [0.2, 0.25) is 0 Å². The van der Waals surface area contributed by atoms with Crippen molar-refractivity contribution >= 4 is 16.8 Å². The maximum Gasteiger partial charge on any atom is 0.255 e. The fourth-order valence-corrected chi connectivity index (χ4v) is 4.89. The molecule has 1 atom stereocenters. The SMILES string of the molecule is CCCCN1C(=O)c2ccccc2[C@H]1c1c(-c2ccccc2)n(C)c2ccccc12. The van der Waals surface area contributed by atoms with Gasteiger partial charge in [-0.2, -0.15) is 0 Å². The van der Waals surface area contributed by atoms with Gasteiger partial charge in [-0.25, -0.2) is 0 Å². The first-order chi connectivity index (χ1) is 14.7. The van der Waals surface area contributed by atoms with E-state index in [-0.39, 0.29) is 11.9 Å². The number of aryl methyl sites for hydroxylation is 1. The second kappa shape index (κ2) is 7.49. The molecule has 0 spiro atoms. The van der Waals surface area contributed by atoms with Crippen molar-refractivity contribution in [1.82, 2.24) is 9.47 Å². The van der Waals surface area contributed by atoms with Gasteiger partial charge >= 0.3 is 0 Å². The summed E-state index contributed by atoms with van der Waals surface area (Å²) in [5.41, 5.74) is 6.75. The van der Waals surface area contributed by atoms with Crippen LogP contribution in [0.1, 0.15) is 47.3 Å². The van der Waals surface area contributed by atoms with Gasteiger partial charge in [-0.1, -0.05) is 80.1 Å². The van der Waals surface area contributed by atoms with Crippen molar-refractivity contribution in [2.75, 3.05) is 6.54 Å². The van der Waals surface area contributed by atoms with E-state index in [9.17, 15) is 4.79 Å². The molecule has 4 aromatic rings. The molecule has 0 aliphatic carbocycles. The molecule has 0 unspecified atom stereocenters. The van der Waals surface area contributed by atoms with Gasteiger partial charge in [-0.05, 0) is 29.7 Å². The van der Waals surface area contributed by atoms with Gasteiger partial charge < -0.3 is 9.47 Å². The van der Waals surface area contributed by atoms with E-state index < -0.39 is 0 Å². The van der Waals surface area contributed by atoms with Crippen LogP contribution in [0.15, 0.2) is 78.9 Å². The smallest absolute Gasteiger partial charge is 0.255 e. The molecule has 5 rings (SSSR count). The number of hydrogen-bond donors (Lipinski definition) is 0. The molecule has 3 nitrogen and oxygen atoms in total. The van der Waals surface area contributed by atoms with Gasteiger partial charge in [0, 0.05) is 35.6 Å². The summed E-state index contributed by atoms with van der Waals surface area (Å²) >= 11 is 0. The van der Waals surface area contributed by atoms with Crippen LogP contribution in [0.5, 0.6) is 0 Å². The molecule has 0 saturated carbocycles. The van der Waals surface area contributed by atoms with Crippen LogP contribution in [0.3, 0.4) is 0 Å². The molecule has 1 amide bonds. The van der Waals surface area contributed by atoms with E-state index in [1.165, 1.54) is 27.7 Å². The van der Waals surface area contributed by atoms with Gasteiger partial charge in [0.15, 0.2) is 0 Å². The molecular weight excluding hydrogens is 368 g/mol. The molecule has 150 valence electrons. The topological polar surface area (TPSA) is 25.2 Å². The third kappa shape index (κ3) is 2.77. The van der Waals surface area contributed by atoms with E-state index >= 15 is 0 Å². The first kappa shape index (κ1) is 18.7. The normalized spacial score (nSPS) is 15.7. The summed E-state index contributed by atoms with van der Waals surface area (Å²) in [4.78, 5) is 15.5. The highest BCUT2D eigenvalue weighted by Gasteiger charge is 2.40. The quantitative estimate of drug-likeness (QED) is 0.396. The standard InChI is InChI=1S/C27H26N2O/c1-3-4-18-29-26(20-14-8-9-15-21(20)27(29)30)24-22-16-10-11-17-23(22)28(2)25(24)19-12-6-5-7-13-19/h5-17,26H,3-4,18H2,1-2H3/t26-/m0/s1. The van der Waals surface area contributed by atoms with Gasteiger partial charge in [0.25, 0.3) is 5.91 Å². The van der Waals surface area contributed by atoms with Crippen molar-refractivity contribution in [3.63, 3.8) is 0 Å². The lowest BCUT2D eigenvalue weighted by molar-refractivity contribution is 0.0748. The lowest BCUT2D eigenvalue weighted by atomic mass is 9.93. The molecule has 1 aromatic heterocycles. The van der Waals surface area contributed by atoms with E-state index in [4.69, 9.17) is 0 Å². The Morgan fingerprint density at radius 3 is 2.37 bits per heavy atom. The van der Waals surface area contributed by atoms with Crippen molar-refractivity contribution in [2.24, 2.45) is 7.05 Å². The third-order valence-corrected chi connectivity index (χ3v) is 6.28. The zero-order valence-corrected chi connectivity index (χ0v) is 17.5. The molecule has 0 N–H and O–H groups in total. The Kier molecular flexibility index (Phi) is 4.66. The molecule has 30 heavy (non-hydrogen) atoms. The van der Waals surface area contributed by atoms with Crippen molar-refractivity contribution in [1.29, 1.82) is 0 Å². The number of carbonyl (C=O) groups is 1. The molecule has 0 radical (unpaired) electrons. The molecule has 0 fully saturated rings. The first-order valence-corrected chi connectivity index (χ1v) is 10.7. The van der Waals surface area contributed by atoms with Gasteiger partial charge in [0.05, 0.1) is 11.7 Å². The maximum atomic E-state index is 13.4. The number of unbranched alkanes of at least 4 members (excludes halogenated alkanes) is 1. The minimum Gasteiger partial charge on any atom is -0.343 e. The van der Waals surface area contributed by atoms with E-state index in [0.717, 1.165) is 30.5 Å². The number of carbonyl (C=O) groups excluding carboxylic acids is 1. The molecule has 1 aliphatic rings. The summed E-state index contributed by atoms with van der Waals surface area (Å²) in [6.45, 7) is 2.95. The third-order valence-electron chi connectivity index (χ3n) is 6.28. The van der Waals surface area contributed by atoms with Crippen LogP contribution in [0.25, 0.3) is 22.2 Å². The van der Waals surface area contributed by atoms with Crippen LogP contribution in [0.2, 0.25) is 0 Å². The van der Waals surface area contributed by atoms with Gasteiger partial charge in [-0.15, -0.1) is 0 Å². The Bertz CT molecular complexity index is 1220. The zero-order chi connectivity index (χ0) is 20.7. The minimum absolute atomic E-state index is 0.0680. The number of hydrogen-bond acceptors (Lipinski definition) is 1. The van der Waals surface area contributed by atoms with Crippen LogP contribution in [0.4, 0.5) is 0 Å². The van der Waals surface area contributed by atoms with E-state index in [1.807, 2.05) is 18.2 Å². The molecule has 1 aliphatic heterocycles. The highest BCUT2D eigenvalue weighted by atomic mass is 16.2. The summed E-state index contributed by atoms with van der Waals surface area (Å²) in [6, 6.07) is 27.1. The van der Waals surface area contributed by atoms with Crippen molar-refractivity contribution < 1.29 is 4.79 Å². The van der Waals surface area contributed by atoms with E-state index in [0.29, 0.717) is 0 Å². The predicted molar refractivity (Wildman–Crippen MR) is 123 cm³/mol. The Labute approximate surface area is 177 Å². The van der Waals surface area contributed by atoms with Crippen LogP contribution >= 0.6 is 0 Å². The summed E-state index contributed by atoms with van der Waals surface area (Å²) in [5, 5.41) is 1.22. The lowest BCUT2D eigenvalue weighted by Crippen LogP contribution is -2.30. The average molecular weight is 395 g/mol. The Hall–Kier alpha value is -3.33. The van der Waals surface area contributed by atoms with E-state index in [2.05, 4.69) is 84.1 Å². The summed E-state index contributed by atoms with van der Waals surface area (Å²) in [5.74, 6) is 0.149. The fraction of sp³-hybridized carbons (Fsp3) is 0.222. The van der Waals surface area contributed by atoms with Gasteiger partial charge in [-0.3, -0.25) is 4.79 Å². The average Bonchev–Trinajstić information content (AvgIpc) is 3.24. The number of rotatable bonds is 5. The Morgan fingerprint density at radius 2 is 1.57 bits per heavy atom. The monoisotopic (exact) mass is 394 g/mol. The summed E-state index contributed by atoms with van der Waals surface area (Å²) in [6.07, 6.45) is 2.07. The van der Waals surface area contributed by atoms with Crippen molar-refractivity contribution in [2.45, 2.75) is 25.8 Å². The van der Waals surface area contributed by atoms with Crippen LogP contribution < -0.4 is 0 Å². The molecule has 2 heterocycles. The van der Waals surface area contributed by atoms with Gasteiger partial charge in [0.1, 0.15) is 0 Å². The first-order valence-electron chi connectivity index (χ1n) is 10.7. The molecule has 0 bridgehead atoms. The molecular formula is C27H26N2O. The maximum absolute atomic E-state index is 13.4. The Morgan fingerprint density at radius 1 is 0.867 bits per heavy atom. The second-order valence-corrected chi connectivity index (χ2v) is 8.05. The largest absolute Gasteiger partial charge is 0.343 e. The molecule has 3 heteroatoms. The fourth-order valence-electron chi connectivity index (χ4n) is 4.89. The van der Waals surface area contributed by atoms with Crippen LogP contribution in [0, 0.1) is 0 Å². The molecule has 3 aromatic carbocycles.